The molecule has 4 heterocycles. The summed E-state index contributed by atoms with van der Waals surface area (Å²) < 4.78 is 11.9. The van der Waals surface area contributed by atoms with Crippen LogP contribution in [0.5, 0.6) is 0 Å². The van der Waals surface area contributed by atoms with Crippen LogP contribution in [-0.4, -0.2) is 23.6 Å². The highest BCUT2D eigenvalue weighted by atomic mass is 16.3. The van der Waals surface area contributed by atoms with Crippen LogP contribution >= 0.6 is 0 Å². The molecule has 0 unspecified atom stereocenters. The van der Waals surface area contributed by atoms with Crippen LogP contribution in [0.15, 0.2) is 118 Å². The van der Waals surface area contributed by atoms with Gasteiger partial charge in [-0.15, -0.1) is 0 Å². The van der Waals surface area contributed by atoms with E-state index in [1.807, 2.05) is 48.5 Å². The number of amides is 4. The van der Waals surface area contributed by atoms with Crippen molar-refractivity contribution in [2.75, 3.05) is 9.80 Å². The van der Waals surface area contributed by atoms with Crippen LogP contribution in [0.4, 0.5) is 11.4 Å². The minimum atomic E-state index is -0.534. The van der Waals surface area contributed by atoms with Gasteiger partial charge in [-0.1, -0.05) is 36.4 Å². The Bertz CT molecular complexity index is 2490. The summed E-state index contributed by atoms with van der Waals surface area (Å²) in [5.74, 6) is -2.14. The first-order valence-corrected chi connectivity index (χ1v) is 14.7. The van der Waals surface area contributed by atoms with Crippen molar-refractivity contribution in [2.45, 2.75) is 0 Å². The molecule has 2 aliphatic heterocycles. The molecule has 46 heavy (non-hydrogen) atoms. The lowest BCUT2D eigenvalue weighted by atomic mass is 9.85. The summed E-state index contributed by atoms with van der Waals surface area (Å²) in [7, 11) is 0. The van der Waals surface area contributed by atoms with Gasteiger partial charge < -0.3 is 8.83 Å². The number of hydrogen-bond acceptors (Lipinski definition) is 6. The van der Waals surface area contributed by atoms with Crippen LogP contribution < -0.4 is 9.80 Å². The molecule has 0 saturated carbocycles. The first kappa shape index (κ1) is 24.9. The molecule has 8 nitrogen and oxygen atoms in total. The average molecular weight is 599 g/mol. The van der Waals surface area contributed by atoms with Crippen LogP contribution in [0.3, 0.4) is 0 Å². The first-order chi connectivity index (χ1) is 22.5. The van der Waals surface area contributed by atoms with E-state index in [0.29, 0.717) is 44.5 Å². The van der Waals surface area contributed by atoms with E-state index in [-0.39, 0.29) is 22.3 Å². The third-order valence-electron chi connectivity index (χ3n) is 9.13. The number of furan rings is 2. The van der Waals surface area contributed by atoms with E-state index >= 15 is 0 Å². The summed E-state index contributed by atoms with van der Waals surface area (Å²) in [5.41, 5.74) is 4.46. The SMILES string of the molecule is O=C1c2ccc3c4c(ccc(c24)C(=O)N1c1ccc2oc4ccccc4c2c1)C(=O)N(c1ccc2oc4ccccc4c2c1)C3=O. The Morgan fingerprint density at radius 3 is 1.11 bits per heavy atom. The molecule has 6 aromatic carbocycles. The van der Waals surface area contributed by atoms with Crippen LogP contribution in [0.1, 0.15) is 41.4 Å². The number of nitrogens with zero attached hydrogens (tertiary/aromatic N) is 2. The molecule has 0 saturated heterocycles. The van der Waals surface area contributed by atoms with Crippen molar-refractivity contribution < 1.29 is 28.0 Å². The number of hydrogen-bond donors (Lipinski definition) is 0. The van der Waals surface area contributed by atoms with E-state index in [0.717, 1.165) is 31.3 Å². The highest BCUT2D eigenvalue weighted by Gasteiger charge is 2.41. The molecule has 4 amide bonds. The van der Waals surface area contributed by atoms with Crippen molar-refractivity contribution in [3.05, 3.63) is 131 Å². The largest absolute Gasteiger partial charge is 0.456 e. The number of anilines is 2. The predicted molar refractivity (Wildman–Crippen MR) is 174 cm³/mol. The minimum absolute atomic E-state index is 0.243. The highest BCUT2D eigenvalue weighted by molar-refractivity contribution is 6.42. The van der Waals surface area contributed by atoms with Crippen molar-refractivity contribution in [2.24, 2.45) is 0 Å². The molecule has 0 atom stereocenters. The molecule has 0 fully saturated rings. The summed E-state index contributed by atoms with van der Waals surface area (Å²) >= 11 is 0. The second kappa shape index (κ2) is 8.55. The minimum Gasteiger partial charge on any atom is -0.456 e. The summed E-state index contributed by atoms with van der Waals surface area (Å²) in [5, 5.41) is 3.93. The topological polar surface area (TPSA) is 101 Å². The zero-order valence-corrected chi connectivity index (χ0v) is 23.7. The molecule has 2 aliphatic rings. The van der Waals surface area contributed by atoms with E-state index in [1.165, 1.54) is 0 Å². The normalized spacial score (nSPS) is 14.6. The van der Waals surface area contributed by atoms with E-state index in [4.69, 9.17) is 8.83 Å². The van der Waals surface area contributed by atoms with Gasteiger partial charge in [0.1, 0.15) is 22.3 Å². The number of imide groups is 2. The number of fused-ring (bicyclic) bond motifs is 6. The fourth-order valence-corrected chi connectivity index (χ4v) is 7.05. The molecule has 0 bridgehead atoms. The summed E-state index contributed by atoms with van der Waals surface area (Å²) in [6.45, 7) is 0. The van der Waals surface area contributed by atoms with Crippen LogP contribution in [0.2, 0.25) is 0 Å². The lowest BCUT2D eigenvalue weighted by Crippen LogP contribution is -2.43. The van der Waals surface area contributed by atoms with Gasteiger partial charge in [-0.25, -0.2) is 9.80 Å². The predicted octanol–water partition coefficient (Wildman–Crippen LogP) is 8.24. The summed E-state index contributed by atoms with van der Waals surface area (Å²) in [4.78, 5) is 58.4. The molecule has 216 valence electrons. The first-order valence-electron chi connectivity index (χ1n) is 14.7. The Morgan fingerprint density at radius 2 is 0.717 bits per heavy atom. The summed E-state index contributed by atoms with van der Waals surface area (Å²) in [6.07, 6.45) is 0. The van der Waals surface area contributed by atoms with Gasteiger partial charge >= 0.3 is 0 Å². The zero-order valence-electron chi connectivity index (χ0n) is 23.7. The maximum absolute atomic E-state index is 14.0. The number of carbonyl (C=O) groups is 4. The number of rotatable bonds is 2. The third kappa shape index (κ3) is 3.07. The lowest BCUT2D eigenvalue weighted by molar-refractivity contribution is 0.0873. The maximum atomic E-state index is 14.0. The molecular weight excluding hydrogens is 580 g/mol. The fraction of sp³-hybridized carbons (Fsp3) is 0. The van der Waals surface area contributed by atoms with Crippen molar-refractivity contribution in [1.29, 1.82) is 0 Å². The zero-order chi connectivity index (χ0) is 30.8. The standard InChI is InChI=1S/C38H18N2O6/c41-35-23-11-13-25-34-26(38(44)40(37(25)43)20-10-16-32-28(18-20)22-6-2-4-8-30(22)46-32)14-12-24(33(23)34)36(42)39(35)19-9-15-31-27(17-19)21-5-1-3-7-29(21)45-31/h1-18H. The quantitative estimate of drug-likeness (QED) is 0.186. The number of carbonyl (C=O) groups excluding carboxylic acids is 4. The Labute approximate surface area is 258 Å². The Kier molecular flexibility index (Phi) is 4.62. The molecule has 8 aromatic rings. The van der Waals surface area contributed by atoms with Crippen molar-refractivity contribution in [3.8, 4) is 0 Å². The second-order valence-corrected chi connectivity index (χ2v) is 11.5. The maximum Gasteiger partial charge on any atom is 0.265 e. The van der Waals surface area contributed by atoms with Gasteiger partial charge in [-0.2, -0.15) is 0 Å². The van der Waals surface area contributed by atoms with E-state index in [9.17, 15) is 19.2 Å². The second-order valence-electron chi connectivity index (χ2n) is 11.5. The Balaban J connectivity index is 1.11. The van der Waals surface area contributed by atoms with Gasteiger partial charge in [-0.05, 0) is 72.8 Å². The van der Waals surface area contributed by atoms with Crippen LogP contribution in [0, 0.1) is 0 Å². The Hall–Kier alpha value is -6.54. The van der Waals surface area contributed by atoms with Gasteiger partial charge in [0.05, 0.1) is 11.4 Å². The van der Waals surface area contributed by atoms with E-state index in [2.05, 4.69) is 0 Å². The van der Waals surface area contributed by atoms with Gasteiger partial charge in [0, 0.05) is 54.6 Å². The average Bonchev–Trinajstić information content (AvgIpc) is 3.64. The molecule has 2 aromatic heterocycles. The van der Waals surface area contributed by atoms with Crippen LogP contribution in [0.25, 0.3) is 54.6 Å². The molecule has 0 aliphatic carbocycles. The number of benzene rings is 6. The number of para-hydroxylation sites is 2. The lowest BCUT2D eigenvalue weighted by Gasteiger charge is -2.32. The van der Waals surface area contributed by atoms with Gasteiger partial charge in [0.15, 0.2) is 0 Å². The fourth-order valence-electron chi connectivity index (χ4n) is 7.05. The van der Waals surface area contributed by atoms with Crippen molar-refractivity contribution in [3.63, 3.8) is 0 Å². The van der Waals surface area contributed by atoms with Gasteiger partial charge in [0.2, 0.25) is 0 Å². The molecule has 0 radical (unpaired) electrons. The molecule has 10 rings (SSSR count). The van der Waals surface area contributed by atoms with E-state index < -0.39 is 23.6 Å². The Morgan fingerprint density at radius 1 is 0.370 bits per heavy atom. The smallest absolute Gasteiger partial charge is 0.265 e. The van der Waals surface area contributed by atoms with Crippen molar-refractivity contribution in [1.82, 2.24) is 0 Å². The van der Waals surface area contributed by atoms with Crippen LogP contribution in [-0.2, 0) is 0 Å². The van der Waals surface area contributed by atoms with Gasteiger partial charge in [0.25, 0.3) is 23.6 Å². The van der Waals surface area contributed by atoms with Crippen molar-refractivity contribution >= 4 is 89.7 Å². The monoisotopic (exact) mass is 598 g/mol. The molecule has 0 spiro atoms. The third-order valence-corrected chi connectivity index (χ3v) is 9.13. The highest BCUT2D eigenvalue weighted by Crippen LogP contribution is 2.42. The molecule has 0 N–H and O–H groups in total. The summed E-state index contributed by atoms with van der Waals surface area (Å²) in [6, 6.07) is 31.8. The molecular formula is C38H18N2O6. The van der Waals surface area contributed by atoms with Gasteiger partial charge in [-0.3, -0.25) is 19.2 Å². The van der Waals surface area contributed by atoms with E-state index in [1.54, 1.807) is 60.7 Å². The molecule has 8 heteroatoms.